The van der Waals surface area contributed by atoms with E-state index in [2.05, 4.69) is 4.74 Å². The molecule has 1 saturated heterocycles. The van der Waals surface area contributed by atoms with Crippen molar-refractivity contribution < 1.29 is 76.3 Å². The van der Waals surface area contributed by atoms with Crippen LogP contribution in [0.5, 0.6) is 0 Å². The number of para-hydroxylation sites is 1. The van der Waals surface area contributed by atoms with E-state index in [4.69, 9.17) is 32.9 Å². The number of hydrogen-bond acceptors (Lipinski definition) is 6. The molecule has 0 bridgehead atoms. The van der Waals surface area contributed by atoms with E-state index in [-0.39, 0.29) is 16.7 Å². The number of carbonyl (C=O) groups excluding carboxylic acids is 1. The highest BCUT2D eigenvalue weighted by molar-refractivity contribution is 8.02. The molecular weight excluding hydrogens is 710 g/mol. The highest BCUT2D eigenvalue weighted by atomic mass is 32.2. The fraction of sp³-hybridized carbons (Fsp3) is 0.341. The van der Waals surface area contributed by atoms with E-state index in [9.17, 15) is 29.5 Å². The number of alkyl halides is 3. The van der Waals surface area contributed by atoms with Crippen LogP contribution in [0.2, 0.25) is 0 Å². The minimum absolute atomic E-state index is 0.0807. The molecule has 1 unspecified atom stereocenters. The molecule has 4 aromatic rings. The topological polar surface area (TPSA) is 56.3 Å². The lowest BCUT2D eigenvalue weighted by molar-refractivity contribution is -0.137. The second-order valence-electron chi connectivity index (χ2n) is 10.7. The summed E-state index contributed by atoms with van der Waals surface area (Å²) in [6, 6.07) is -24.2. The predicted octanol–water partition coefficient (Wildman–Crippen LogP) is 8.73. The van der Waals surface area contributed by atoms with Crippen LogP contribution in [-0.2, 0) is 28.0 Å². The van der Waals surface area contributed by atoms with Crippen molar-refractivity contribution in [3.8, 4) is 11.1 Å². The number of anilines is 1. The Morgan fingerprint density at radius 1 is 1.06 bits per heavy atom. The van der Waals surface area contributed by atoms with Crippen molar-refractivity contribution in [2.24, 2.45) is 0 Å². The molecule has 0 aliphatic carbocycles. The van der Waals surface area contributed by atoms with E-state index in [1.54, 1.807) is 0 Å². The van der Waals surface area contributed by atoms with E-state index in [1.165, 1.54) is 0 Å². The van der Waals surface area contributed by atoms with Gasteiger partial charge < -0.3 is 24.5 Å². The highest BCUT2D eigenvalue weighted by Gasteiger charge is 2.33. The van der Waals surface area contributed by atoms with Gasteiger partial charge in [-0.1, -0.05) is 60.4 Å². The van der Waals surface area contributed by atoms with Gasteiger partial charge in [0.25, 0.3) is 0 Å². The summed E-state index contributed by atoms with van der Waals surface area (Å²) < 4.78 is 326. The number of fused-ring (bicyclic) bond motifs is 1. The first-order chi connectivity index (χ1) is 37.0. The molecule has 1 amide bonds. The molecule has 1 atom stereocenters. The van der Waals surface area contributed by atoms with Gasteiger partial charge in [0, 0.05) is 72.7 Å². The molecule has 2 aliphatic heterocycles. The van der Waals surface area contributed by atoms with Crippen molar-refractivity contribution in [1.29, 1.82) is 0 Å². The number of aliphatic hydroxyl groups excluding tert-OH is 1. The number of carbonyl (C=O) groups is 1. The van der Waals surface area contributed by atoms with Gasteiger partial charge >= 0.3 is 6.18 Å². The number of methoxy groups -OCH3 is 1. The van der Waals surface area contributed by atoms with E-state index in [1.807, 2.05) is 0 Å². The van der Waals surface area contributed by atoms with Gasteiger partial charge in [-0.3, -0.25) is 4.79 Å². The summed E-state index contributed by atoms with van der Waals surface area (Å²) in [4.78, 5) is 15.2. The van der Waals surface area contributed by atoms with Crippen molar-refractivity contribution >= 4 is 23.4 Å². The third-order valence-corrected chi connectivity index (χ3v) is 8.34. The first kappa shape index (κ1) is 16.2. The Morgan fingerprint density at radius 3 is 2.53 bits per heavy atom. The molecule has 53 heavy (non-hydrogen) atoms. The second kappa shape index (κ2) is 16.8. The van der Waals surface area contributed by atoms with Gasteiger partial charge in [-0.05, 0) is 72.1 Å². The Bertz CT molecular complexity index is 3270. The van der Waals surface area contributed by atoms with Gasteiger partial charge in [0.1, 0.15) is 12.6 Å². The van der Waals surface area contributed by atoms with E-state index < -0.39 is 246 Å². The van der Waals surface area contributed by atoms with Gasteiger partial charge in [-0.25, -0.2) is 8.78 Å². The Labute approximate surface area is 351 Å². The summed E-state index contributed by atoms with van der Waals surface area (Å²) in [7, 11) is -3.68. The van der Waals surface area contributed by atoms with Gasteiger partial charge in [0.2, 0.25) is 5.91 Å². The average Bonchev–Trinajstić information content (AvgIpc) is 3.56. The van der Waals surface area contributed by atoms with Crippen molar-refractivity contribution in [1.82, 2.24) is 9.80 Å². The monoisotopic (exact) mass is 780 g/mol. The van der Waals surface area contributed by atoms with E-state index >= 15 is 9.18 Å². The molecule has 12 heteroatoms. The quantitative estimate of drug-likeness (QED) is 0.145. The maximum atomic E-state index is 15.7. The van der Waals surface area contributed by atoms with Crippen LogP contribution >= 0.6 is 11.8 Å². The normalized spacial score (nSPS) is 29.7. The average molecular weight is 781 g/mol. The Kier molecular flexibility index (Phi) is 5.16. The number of thioether (sulfide) groups is 1. The summed E-state index contributed by atoms with van der Waals surface area (Å²) in [5.74, 6) is -6.98. The summed E-state index contributed by atoms with van der Waals surface area (Å²) in [6.45, 7) is -17.3. The highest BCUT2D eigenvalue weighted by Crippen LogP contribution is 2.41. The first-order valence-electron chi connectivity index (χ1n) is 29.3. The number of nitrogens with zero attached hydrogens (tertiary/aromatic N) is 3. The van der Waals surface area contributed by atoms with Crippen molar-refractivity contribution in [3.63, 3.8) is 0 Å². The number of ether oxygens (including phenoxy) is 1. The van der Waals surface area contributed by atoms with Gasteiger partial charge in [-0.2, -0.15) is 13.2 Å². The number of likely N-dealkylation sites (tertiary alicyclic amines) is 1. The number of piperidine rings is 1. The van der Waals surface area contributed by atoms with Gasteiger partial charge in [-0.15, -0.1) is 11.8 Å². The number of benzene rings is 4. The molecule has 0 radical (unpaired) electrons. The molecule has 2 aliphatic rings. The van der Waals surface area contributed by atoms with Crippen LogP contribution < -0.4 is 4.90 Å². The van der Waals surface area contributed by atoms with Crippen LogP contribution in [0.1, 0.15) is 86.4 Å². The van der Waals surface area contributed by atoms with Crippen molar-refractivity contribution in [2.45, 2.75) is 50.3 Å². The molecule has 1 fully saturated rings. The molecule has 280 valence electrons. The number of hydrogen-bond donors (Lipinski definition) is 1. The number of rotatable bonds is 12. The maximum absolute atomic E-state index is 15.7. The lowest BCUT2D eigenvalue weighted by Crippen LogP contribution is -2.50. The largest absolute Gasteiger partial charge is 0.416 e. The third kappa shape index (κ3) is 9.12. The Hall–Kier alpha value is -4.23. The van der Waals surface area contributed by atoms with Crippen LogP contribution in [0.4, 0.5) is 27.6 Å². The molecule has 0 saturated carbocycles. The SMILES string of the molecule is [2H]C1=C(SCc2c([2H])c([2H])c([2H])c(F)c2F)N(CC(=O)N(Cc2c([2H])c([2H])c(-c3c([2H])c([2H])c(C(F)(F)F)c([2H])c3[2H])c([2H])c2C)C2([2H])C([2H])([2H])C([2H])([2H])N(CC([2H])([2H])OC([2H])([2H])[2H])C([2H])([2H])C2([2H])[2H])c2c([2H])c([2H])c([2H])c([2H])c2C1O. The molecule has 6 rings (SSSR count). The van der Waals surface area contributed by atoms with E-state index in [0.29, 0.717) is 4.90 Å². The first-order valence-corrected chi connectivity index (χ1v) is 15.8. The molecule has 6 nitrogen and oxygen atoms in total. The van der Waals surface area contributed by atoms with Crippen LogP contribution in [0.3, 0.4) is 0 Å². The Morgan fingerprint density at radius 2 is 1.79 bits per heavy atom. The van der Waals surface area contributed by atoms with E-state index in [0.717, 1.165) is 6.92 Å². The molecule has 0 spiro atoms. The summed E-state index contributed by atoms with van der Waals surface area (Å²) in [6.07, 6.45) is -17.1. The number of halogens is 5. The van der Waals surface area contributed by atoms with Gasteiger partial charge in [0.15, 0.2) is 11.6 Å². The standard InChI is InChI=1S/C41H42F5N3O3S/c1-27-22-29(28-12-14-32(15-13-28)41(44,45)46)10-11-30(27)24-48(33-16-18-47(19-17-33)20-21-52-2)38(51)25-49-36-9-4-3-7-34(36)37(50)23-39(49)53-26-31-6-5-8-35(42)40(31)43/h3-15,22-23,33,37,50H,16-21,24-26H2,1-2H3/i2D3,3D,4D,5D,6D,7D,8D,9D,10D,11D,12D,13D,14D,15D,16D2,17D2,18D2,19D2,21D2,22D,23D,33D. The fourth-order valence-electron chi connectivity index (χ4n) is 4.68. The second-order valence-corrected chi connectivity index (χ2v) is 11.7. The molecule has 2 heterocycles. The van der Waals surface area contributed by atoms with Crippen molar-refractivity contribution in [3.05, 3.63) is 135 Å². The summed E-state index contributed by atoms with van der Waals surface area (Å²) >= 11 is 0.0807. The zero-order valence-electron chi connectivity index (χ0n) is 55.8. The fourth-order valence-corrected chi connectivity index (χ4v) is 5.67. The Balaban J connectivity index is 1.69. The van der Waals surface area contributed by atoms with Crippen LogP contribution in [0, 0.1) is 18.6 Å². The van der Waals surface area contributed by atoms with Crippen LogP contribution in [-0.4, -0.2) is 66.5 Å². The van der Waals surface area contributed by atoms with Crippen LogP contribution in [0.15, 0.2) is 95.7 Å². The summed E-state index contributed by atoms with van der Waals surface area (Å²) in [5.41, 5.74) is -8.98. The molecule has 4 aromatic carbocycles. The third-order valence-electron chi connectivity index (χ3n) is 7.30. The number of amides is 1. The minimum atomic E-state index is -5.50. The molecule has 0 aromatic heterocycles. The lowest BCUT2D eigenvalue weighted by atomic mass is 9.97. The molecule has 1 N–H and O–H groups in total. The summed E-state index contributed by atoms with van der Waals surface area (Å²) in [5, 5.41) is 10.6. The zero-order chi connectivity index (χ0) is 63.1. The van der Waals surface area contributed by atoms with Gasteiger partial charge in [0.05, 0.1) is 45.9 Å². The zero-order valence-corrected chi connectivity index (χ0v) is 27.6. The molecular formula is C41H42F5N3O3S. The number of aliphatic hydroxyl groups is 1. The van der Waals surface area contributed by atoms with Crippen molar-refractivity contribution in [2.75, 3.05) is 44.6 Å². The predicted molar refractivity (Wildman–Crippen MR) is 198 cm³/mol. The smallest absolute Gasteiger partial charge is 0.384 e. The van der Waals surface area contributed by atoms with Crippen LogP contribution in [0.25, 0.3) is 11.1 Å². The maximum Gasteiger partial charge on any atom is 0.416 e. The minimum Gasteiger partial charge on any atom is -0.384 e. The lowest BCUT2D eigenvalue weighted by Gasteiger charge is -2.41.